The van der Waals surface area contributed by atoms with Crippen LogP contribution in [0.1, 0.15) is 18.4 Å². The molecular weight excluding hydrogens is 376 g/mol. The molecule has 1 saturated heterocycles. The summed E-state index contributed by atoms with van der Waals surface area (Å²) in [6.45, 7) is 0. The van der Waals surface area contributed by atoms with Gasteiger partial charge in [0.2, 0.25) is 0 Å². The van der Waals surface area contributed by atoms with Crippen molar-refractivity contribution in [1.29, 1.82) is 0 Å². The minimum Gasteiger partial charge on any atom is -0.466 e. The van der Waals surface area contributed by atoms with Gasteiger partial charge in [0.25, 0.3) is 11.5 Å². The lowest BCUT2D eigenvalue weighted by Crippen LogP contribution is -2.65. The predicted molar refractivity (Wildman–Crippen MR) is 103 cm³/mol. The van der Waals surface area contributed by atoms with E-state index in [0.717, 1.165) is 0 Å². The maximum Gasteiger partial charge on any atom is 0.352 e. The number of rotatable bonds is 3. The molecular formula is C21H20N2O6. The number of fused-ring (bicyclic) bond motifs is 2. The monoisotopic (exact) mass is 396 g/mol. The molecule has 0 aliphatic carbocycles. The molecule has 0 bridgehead atoms. The van der Waals surface area contributed by atoms with Crippen molar-refractivity contribution in [3.05, 3.63) is 60.2 Å². The lowest BCUT2D eigenvalue weighted by Gasteiger charge is -2.48. The number of nitrogens with zero attached hydrogens (tertiary/aromatic N) is 1. The first-order valence-corrected chi connectivity index (χ1v) is 9.12. The number of ether oxygens (including phenoxy) is 2. The van der Waals surface area contributed by atoms with Crippen molar-refractivity contribution < 1.29 is 28.7 Å². The van der Waals surface area contributed by atoms with Gasteiger partial charge in [-0.2, -0.15) is 0 Å². The summed E-state index contributed by atoms with van der Waals surface area (Å²) in [5.41, 5.74) is -1.38. The third-order valence-corrected chi connectivity index (χ3v) is 5.45. The Morgan fingerprint density at radius 1 is 0.966 bits per heavy atom. The van der Waals surface area contributed by atoms with Gasteiger partial charge in [-0.15, -0.1) is 0 Å². The highest BCUT2D eigenvalue weighted by molar-refractivity contribution is 6.09. The van der Waals surface area contributed by atoms with E-state index in [9.17, 15) is 14.4 Å². The van der Waals surface area contributed by atoms with Crippen LogP contribution >= 0.6 is 0 Å². The normalized spacial score (nSPS) is 22.0. The SMILES string of the molecule is COC(=O)C1(C(=O)OC)CCC2(C(=O)Nc3ccccc32)N(c2ccccc2)O1. The van der Waals surface area contributed by atoms with Crippen molar-refractivity contribution in [3.63, 3.8) is 0 Å². The van der Waals surface area contributed by atoms with Gasteiger partial charge in [0.05, 0.1) is 19.9 Å². The summed E-state index contributed by atoms with van der Waals surface area (Å²) < 4.78 is 9.71. The average Bonchev–Trinajstić information content (AvgIpc) is 3.05. The van der Waals surface area contributed by atoms with Crippen LogP contribution in [-0.4, -0.2) is 37.7 Å². The van der Waals surface area contributed by atoms with Gasteiger partial charge in [0, 0.05) is 17.7 Å². The Hall–Kier alpha value is -3.39. The zero-order valence-electron chi connectivity index (χ0n) is 16.0. The fourth-order valence-electron chi connectivity index (χ4n) is 4.02. The zero-order valence-corrected chi connectivity index (χ0v) is 16.0. The summed E-state index contributed by atoms with van der Waals surface area (Å²) in [4.78, 5) is 44.5. The smallest absolute Gasteiger partial charge is 0.352 e. The Kier molecular flexibility index (Phi) is 4.50. The third-order valence-electron chi connectivity index (χ3n) is 5.45. The predicted octanol–water partition coefficient (Wildman–Crippen LogP) is 2.15. The molecule has 1 N–H and O–H groups in total. The molecule has 0 saturated carbocycles. The number of carbonyl (C=O) groups excluding carboxylic acids is 3. The van der Waals surface area contributed by atoms with Crippen LogP contribution < -0.4 is 10.4 Å². The van der Waals surface area contributed by atoms with E-state index in [4.69, 9.17) is 14.3 Å². The Labute approximate surface area is 167 Å². The van der Waals surface area contributed by atoms with E-state index in [0.29, 0.717) is 16.9 Å². The summed E-state index contributed by atoms with van der Waals surface area (Å²) in [5, 5.41) is 4.22. The van der Waals surface area contributed by atoms with Crippen molar-refractivity contribution in [2.75, 3.05) is 24.6 Å². The second-order valence-electron chi connectivity index (χ2n) is 6.89. The first-order chi connectivity index (χ1) is 14.0. The van der Waals surface area contributed by atoms with Gasteiger partial charge in [-0.3, -0.25) is 4.79 Å². The number of para-hydroxylation sites is 2. The summed E-state index contributed by atoms with van der Waals surface area (Å²) in [7, 11) is 2.34. The van der Waals surface area contributed by atoms with Crippen LogP contribution in [0, 0.1) is 0 Å². The van der Waals surface area contributed by atoms with Crippen LogP contribution in [-0.2, 0) is 34.2 Å². The van der Waals surface area contributed by atoms with E-state index >= 15 is 0 Å². The molecule has 29 heavy (non-hydrogen) atoms. The number of hydrogen-bond donors (Lipinski definition) is 1. The van der Waals surface area contributed by atoms with E-state index in [2.05, 4.69) is 5.32 Å². The average molecular weight is 396 g/mol. The van der Waals surface area contributed by atoms with Crippen LogP contribution in [0.2, 0.25) is 0 Å². The molecule has 8 nitrogen and oxygen atoms in total. The lowest BCUT2D eigenvalue weighted by molar-refractivity contribution is -0.203. The highest BCUT2D eigenvalue weighted by atomic mass is 16.7. The Balaban J connectivity index is 1.91. The summed E-state index contributed by atoms with van der Waals surface area (Å²) in [6, 6.07) is 16.1. The Morgan fingerprint density at radius 3 is 2.24 bits per heavy atom. The van der Waals surface area contributed by atoms with Crippen LogP contribution in [0.5, 0.6) is 0 Å². The molecule has 2 heterocycles. The molecule has 2 aliphatic heterocycles. The molecule has 1 fully saturated rings. The van der Waals surface area contributed by atoms with Crippen molar-refractivity contribution in [2.45, 2.75) is 24.0 Å². The fourth-order valence-corrected chi connectivity index (χ4v) is 4.02. The molecule has 0 aromatic heterocycles. The summed E-state index contributed by atoms with van der Waals surface area (Å²) in [5.74, 6) is -2.07. The second-order valence-corrected chi connectivity index (χ2v) is 6.89. The van der Waals surface area contributed by atoms with Gasteiger partial charge in [-0.05, 0) is 24.6 Å². The number of nitrogens with one attached hydrogen (secondary N) is 1. The first kappa shape index (κ1) is 18.9. The fraction of sp³-hybridized carbons (Fsp3) is 0.286. The number of esters is 2. The van der Waals surface area contributed by atoms with Gasteiger partial charge in [-0.25, -0.2) is 19.5 Å². The molecule has 2 aromatic rings. The van der Waals surface area contributed by atoms with Crippen molar-refractivity contribution >= 4 is 29.2 Å². The number of hydrogen-bond acceptors (Lipinski definition) is 7. The molecule has 8 heteroatoms. The molecule has 4 rings (SSSR count). The molecule has 1 spiro atoms. The number of methoxy groups -OCH3 is 2. The number of anilines is 2. The molecule has 150 valence electrons. The number of carbonyl (C=O) groups is 3. The van der Waals surface area contributed by atoms with E-state index in [1.54, 1.807) is 30.3 Å². The molecule has 0 radical (unpaired) electrons. The quantitative estimate of drug-likeness (QED) is 0.628. The molecule has 2 aromatic carbocycles. The van der Waals surface area contributed by atoms with Gasteiger partial charge in [-0.1, -0.05) is 36.4 Å². The highest BCUT2D eigenvalue weighted by Crippen LogP contribution is 2.51. The van der Waals surface area contributed by atoms with Crippen LogP contribution in [0.15, 0.2) is 54.6 Å². The highest BCUT2D eigenvalue weighted by Gasteiger charge is 2.64. The number of amides is 1. The van der Waals surface area contributed by atoms with Gasteiger partial charge in [0.1, 0.15) is 0 Å². The van der Waals surface area contributed by atoms with Gasteiger partial charge >= 0.3 is 11.9 Å². The van der Waals surface area contributed by atoms with Crippen molar-refractivity contribution in [2.24, 2.45) is 0 Å². The standard InChI is InChI=1S/C21H20N2O6/c1-27-18(25)21(19(26)28-2)13-12-20(23(29-21)14-8-4-3-5-9-14)15-10-6-7-11-16(15)22-17(20)24/h3-11H,12-13H2,1-2H3,(H,22,24). The largest absolute Gasteiger partial charge is 0.466 e. The summed E-state index contributed by atoms with van der Waals surface area (Å²) >= 11 is 0. The third kappa shape index (κ3) is 2.60. The van der Waals surface area contributed by atoms with Crippen LogP contribution in [0.3, 0.4) is 0 Å². The Morgan fingerprint density at radius 2 is 1.59 bits per heavy atom. The second kappa shape index (κ2) is 6.89. The maximum atomic E-state index is 13.2. The minimum absolute atomic E-state index is 0.0859. The molecule has 1 unspecified atom stereocenters. The van der Waals surface area contributed by atoms with Crippen molar-refractivity contribution in [3.8, 4) is 0 Å². The molecule has 2 aliphatic rings. The van der Waals surface area contributed by atoms with Crippen LogP contribution in [0.4, 0.5) is 11.4 Å². The summed E-state index contributed by atoms with van der Waals surface area (Å²) in [6.07, 6.45) is 0.0480. The van der Waals surface area contributed by atoms with Crippen molar-refractivity contribution in [1.82, 2.24) is 0 Å². The van der Waals surface area contributed by atoms with E-state index < -0.39 is 23.1 Å². The van der Waals surface area contributed by atoms with Gasteiger partial charge < -0.3 is 14.8 Å². The Bertz CT molecular complexity index is 960. The van der Waals surface area contributed by atoms with E-state index in [-0.39, 0.29) is 18.7 Å². The van der Waals surface area contributed by atoms with E-state index in [1.807, 2.05) is 24.3 Å². The molecule has 1 amide bonds. The topological polar surface area (TPSA) is 94.2 Å². The number of hydroxylamine groups is 1. The van der Waals surface area contributed by atoms with Gasteiger partial charge in [0.15, 0.2) is 5.54 Å². The van der Waals surface area contributed by atoms with E-state index in [1.165, 1.54) is 19.3 Å². The zero-order chi connectivity index (χ0) is 20.6. The maximum absolute atomic E-state index is 13.2. The minimum atomic E-state index is -2.01. The van der Waals surface area contributed by atoms with Crippen LogP contribution in [0.25, 0.3) is 0 Å². The lowest BCUT2D eigenvalue weighted by atomic mass is 9.80. The first-order valence-electron chi connectivity index (χ1n) is 9.12. The molecule has 1 atom stereocenters. The number of benzene rings is 2.